The van der Waals surface area contributed by atoms with E-state index in [0.29, 0.717) is 66.8 Å². The van der Waals surface area contributed by atoms with E-state index in [2.05, 4.69) is 31.9 Å². The van der Waals surface area contributed by atoms with E-state index in [9.17, 15) is 22.4 Å². The molecule has 0 radical (unpaired) electrons. The summed E-state index contributed by atoms with van der Waals surface area (Å²) < 4.78 is 78.1. The summed E-state index contributed by atoms with van der Waals surface area (Å²) in [6.45, 7) is 5.55. The molecule has 17 heteroatoms. The predicted molar refractivity (Wildman–Crippen MR) is 203 cm³/mol. The Morgan fingerprint density at radius 2 is 1.82 bits per heavy atom. The summed E-state index contributed by atoms with van der Waals surface area (Å²) >= 11 is 8.19. The normalized spacial score (nSPS) is 14.6. The topological polar surface area (TPSA) is 108 Å². The minimum Gasteiger partial charge on any atom is -0.491 e. The van der Waals surface area contributed by atoms with Gasteiger partial charge in [-0.05, 0) is 54.9 Å². The average Bonchev–Trinajstić information content (AvgIpc) is 3.91. The highest BCUT2D eigenvalue weighted by atomic mass is 35.5. The van der Waals surface area contributed by atoms with Crippen LogP contribution in [0.5, 0.6) is 17.4 Å². The standard InChI is InChI=1S/C39H37ClF4N6O5S/c1-24-28(7-8-30(35(24)40)52-18-17-49-15-13-48(2)14-16-49)33-34-37(45-23-46-38(34)56-36(33)31-9-10-32(41)55-31)54-27(20-51)19-25-5-3-4-6-29(25)53-21-26-11-12-47-50(26)22-39(42,43)44/h3-12,20,23,27H,13-19,21-22H2,1-2H3. The fraction of sp³-hybridized carbons (Fsp3) is 0.333. The van der Waals surface area contributed by atoms with E-state index in [1.54, 1.807) is 30.3 Å². The lowest BCUT2D eigenvalue weighted by Crippen LogP contribution is -2.45. The Labute approximate surface area is 328 Å². The van der Waals surface area contributed by atoms with Gasteiger partial charge in [0, 0.05) is 57.0 Å². The predicted octanol–water partition coefficient (Wildman–Crippen LogP) is 7.87. The SMILES string of the molecule is Cc1c(-c2c(-c3ccc(F)o3)sc3ncnc(OC(C=O)Cc4ccccc4OCc4ccnn4CC(F)(F)F)c23)ccc(OCCN2CCN(C)CC2)c1Cl. The summed E-state index contributed by atoms with van der Waals surface area (Å²) in [5.74, 6) is 1.22. The number of para-hydroxylation sites is 1. The summed E-state index contributed by atoms with van der Waals surface area (Å²) in [5.41, 5.74) is 2.72. The molecule has 7 rings (SSSR count). The third-order valence-electron chi connectivity index (χ3n) is 9.45. The minimum absolute atomic E-state index is 0.0354. The zero-order valence-corrected chi connectivity index (χ0v) is 32.0. The van der Waals surface area contributed by atoms with Crippen molar-refractivity contribution in [2.75, 3.05) is 46.4 Å². The number of rotatable bonds is 15. The molecule has 1 atom stereocenters. The molecule has 6 aromatic rings. The number of carbonyl (C=O) groups excluding carboxylic acids is 1. The molecule has 4 aromatic heterocycles. The highest BCUT2D eigenvalue weighted by Gasteiger charge is 2.30. The smallest absolute Gasteiger partial charge is 0.408 e. The maximum Gasteiger partial charge on any atom is 0.408 e. The number of aldehydes is 1. The molecule has 0 bridgehead atoms. The van der Waals surface area contributed by atoms with Gasteiger partial charge in [0.15, 0.2) is 12.4 Å². The number of furan rings is 1. The summed E-state index contributed by atoms with van der Waals surface area (Å²) in [5, 5.41) is 4.63. The first-order valence-electron chi connectivity index (χ1n) is 17.7. The van der Waals surface area contributed by atoms with Gasteiger partial charge in [-0.1, -0.05) is 35.9 Å². The number of fused-ring (bicyclic) bond motifs is 1. The maximum atomic E-state index is 14.3. The maximum absolute atomic E-state index is 14.3. The molecule has 56 heavy (non-hydrogen) atoms. The van der Waals surface area contributed by atoms with Gasteiger partial charge in [0.1, 0.15) is 48.2 Å². The van der Waals surface area contributed by atoms with E-state index in [-0.39, 0.29) is 30.4 Å². The van der Waals surface area contributed by atoms with E-state index in [1.807, 2.05) is 13.0 Å². The van der Waals surface area contributed by atoms with Crippen LogP contribution in [0.2, 0.25) is 5.02 Å². The van der Waals surface area contributed by atoms with Gasteiger partial charge >= 0.3 is 6.18 Å². The molecule has 1 fully saturated rings. The third-order valence-corrected chi connectivity index (χ3v) is 11.0. The van der Waals surface area contributed by atoms with Crippen LogP contribution in [0.15, 0.2) is 71.5 Å². The first-order chi connectivity index (χ1) is 27.0. The van der Waals surface area contributed by atoms with Crippen LogP contribution < -0.4 is 14.2 Å². The van der Waals surface area contributed by atoms with Crippen molar-refractivity contribution in [1.82, 2.24) is 29.5 Å². The summed E-state index contributed by atoms with van der Waals surface area (Å²) in [4.78, 5) is 27.2. The first kappa shape index (κ1) is 39.2. The Kier molecular flexibility index (Phi) is 11.9. The number of hydrogen-bond acceptors (Lipinski definition) is 11. The van der Waals surface area contributed by atoms with E-state index in [1.165, 1.54) is 42.1 Å². The zero-order chi connectivity index (χ0) is 39.4. The molecule has 1 aliphatic rings. The molecular formula is C39H37ClF4N6O5S. The van der Waals surface area contributed by atoms with Crippen LogP contribution in [0.4, 0.5) is 17.6 Å². The second-order valence-corrected chi connectivity index (χ2v) is 14.7. The van der Waals surface area contributed by atoms with Crippen molar-refractivity contribution in [2.45, 2.75) is 38.8 Å². The van der Waals surface area contributed by atoms with E-state index >= 15 is 0 Å². The van der Waals surface area contributed by atoms with Crippen LogP contribution >= 0.6 is 22.9 Å². The molecule has 294 valence electrons. The average molecular weight is 813 g/mol. The Balaban J connectivity index is 1.17. The van der Waals surface area contributed by atoms with Crippen molar-refractivity contribution >= 4 is 39.4 Å². The molecule has 11 nitrogen and oxygen atoms in total. The van der Waals surface area contributed by atoms with Crippen molar-refractivity contribution < 1.29 is 41.0 Å². The lowest BCUT2D eigenvalue weighted by Gasteiger charge is -2.32. The number of halogens is 5. The number of carbonyl (C=O) groups is 1. The highest BCUT2D eigenvalue weighted by molar-refractivity contribution is 7.22. The van der Waals surface area contributed by atoms with Crippen molar-refractivity contribution in [3.63, 3.8) is 0 Å². The van der Waals surface area contributed by atoms with E-state index < -0.39 is 24.8 Å². The number of likely N-dealkylation sites (N-methyl/N-ethyl adjacent to an activating group) is 1. The first-order valence-corrected chi connectivity index (χ1v) is 18.9. The Bertz CT molecular complexity index is 2310. The Morgan fingerprint density at radius 3 is 2.57 bits per heavy atom. The fourth-order valence-corrected chi connectivity index (χ4v) is 7.83. The quantitative estimate of drug-likeness (QED) is 0.0751. The highest BCUT2D eigenvalue weighted by Crippen LogP contribution is 2.49. The largest absolute Gasteiger partial charge is 0.491 e. The lowest BCUT2D eigenvalue weighted by atomic mass is 9.97. The summed E-state index contributed by atoms with van der Waals surface area (Å²) in [7, 11) is 2.11. The summed E-state index contributed by atoms with van der Waals surface area (Å²) in [6.07, 6.45) is -2.28. The molecule has 1 saturated heterocycles. The van der Waals surface area contributed by atoms with Crippen molar-refractivity contribution in [3.8, 4) is 39.1 Å². The van der Waals surface area contributed by atoms with Crippen LogP contribution in [0.25, 0.3) is 32.0 Å². The number of alkyl halides is 3. The van der Waals surface area contributed by atoms with Gasteiger partial charge in [0.25, 0.3) is 6.01 Å². The molecule has 0 saturated carbocycles. The van der Waals surface area contributed by atoms with Gasteiger partial charge in [-0.15, -0.1) is 11.3 Å². The molecule has 2 aromatic carbocycles. The molecule has 0 aliphatic carbocycles. The number of nitrogens with zero attached hydrogens (tertiary/aromatic N) is 6. The molecule has 0 amide bonds. The number of thiophene rings is 1. The molecular weight excluding hydrogens is 776 g/mol. The minimum atomic E-state index is -4.45. The molecule has 1 aliphatic heterocycles. The second-order valence-electron chi connectivity index (χ2n) is 13.3. The summed E-state index contributed by atoms with van der Waals surface area (Å²) in [6, 6.07) is 13.9. The van der Waals surface area contributed by atoms with Gasteiger partial charge in [-0.25, -0.2) is 9.97 Å². The monoisotopic (exact) mass is 812 g/mol. The number of piperazine rings is 1. The van der Waals surface area contributed by atoms with E-state index in [4.69, 9.17) is 30.2 Å². The van der Waals surface area contributed by atoms with Crippen LogP contribution in [-0.2, 0) is 24.4 Å². The fourth-order valence-electron chi connectivity index (χ4n) is 6.50. The van der Waals surface area contributed by atoms with Gasteiger partial charge < -0.3 is 23.5 Å². The van der Waals surface area contributed by atoms with Crippen molar-refractivity contribution in [3.05, 3.63) is 95.0 Å². The second kappa shape index (κ2) is 17.0. The van der Waals surface area contributed by atoms with E-state index in [0.717, 1.165) is 37.4 Å². The number of hydrogen-bond donors (Lipinski definition) is 0. The lowest BCUT2D eigenvalue weighted by molar-refractivity contribution is -0.143. The Hall–Kier alpha value is -5.03. The molecule has 0 spiro atoms. The van der Waals surface area contributed by atoms with Crippen LogP contribution in [0.1, 0.15) is 16.8 Å². The van der Waals surface area contributed by atoms with Crippen LogP contribution in [-0.4, -0.2) is 94.5 Å². The molecule has 5 heterocycles. The number of ether oxygens (including phenoxy) is 3. The third kappa shape index (κ3) is 8.99. The molecule has 1 unspecified atom stereocenters. The van der Waals surface area contributed by atoms with Gasteiger partial charge in [-0.3, -0.25) is 14.4 Å². The van der Waals surface area contributed by atoms with Gasteiger partial charge in [-0.2, -0.15) is 22.7 Å². The Morgan fingerprint density at radius 1 is 1.02 bits per heavy atom. The number of aromatic nitrogens is 4. The van der Waals surface area contributed by atoms with Crippen molar-refractivity contribution in [1.29, 1.82) is 0 Å². The van der Waals surface area contributed by atoms with Gasteiger partial charge in [0.2, 0.25) is 5.88 Å². The molecule has 0 N–H and O–H groups in total. The van der Waals surface area contributed by atoms with Crippen molar-refractivity contribution in [2.24, 2.45) is 0 Å². The van der Waals surface area contributed by atoms with Crippen LogP contribution in [0, 0.1) is 12.9 Å². The van der Waals surface area contributed by atoms with Crippen LogP contribution in [0.3, 0.4) is 0 Å². The zero-order valence-electron chi connectivity index (χ0n) is 30.4. The number of benzene rings is 2. The van der Waals surface area contributed by atoms with Gasteiger partial charge in [0.05, 0.1) is 21.0 Å².